The smallest absolute Gasteiger partial charge is 0.232 e. The van der Waals surface area contributed by atoms with Crippen LogP contribution < -0.4 is 9.62 Å². The van der Waals surface area contributed by atoms with Gasteiger partial charge in [0.1, 0.15) is 5.71 Å². The number of benzene rings is 2. The zero-order valence-electron chi connectivity index (χ0n) is 25.7. The minimum absolute atomic E-state index is 0.00179. The van der Waals surface area contributed by atoms with E-state index < -0.39 is 10.0 Å². The molecule has 0 radical (unpaired) electrons. The van der Waals surface area contributed by atoms with E-state index in [4.69, 9.17) is 15.1 Å². The van der Waals surface area contributed by atoms with E-state index in [1.807, 2.05) is 0 Å². The van der Waals surface area contributed by atoms with Crippen molar-refractivity contribution in [2.45, 2.75) is 73.3 Å². The van der Waals surface area contributed by atoms with Gasteiger partial charge in [0, 0.05) is 34.4 Å². The second kappa shape index (κ2) is 10.6. The van der Waals surface area contributed by atoms with Crippen LogP contribution in [0.3, 0.4) is 0 Å². The Kier molecular flexibility index (Phi) is 7.55. The SMILES string of the molecule is CCS(=O)(=O)Nc1ccc(-c2nc3n(n2)N=C(C(C)(C)C)C3=Nc2cc3c(cc2C)N(CCO)C(C)(C)CC3C)cc1. The molecule has 2 aromatic carbocycles. The maximum absolute atomic E-state index is 11.9. The molecule has 0 amide bonds. The van der Waals surface area contributed by atoms with E-state index in [9.17, 15) is 13.5 Å². The van der Waals surface area contributed by atoms with Gasteiger partial charge >= 0.3 is 0 Å². The summed E-state index contributed by atoms with van der Waals surface area (Å²) in [4.78, 5) is 13.9. The highest BCUT2D eigenvalue weighted by atomic mass is 32.2. The first-order chi connectivity index (χ1) is 19.6. The van der Waals surface area contributed by atoms with Crippen LogP contribution in [0, 0.1) is 12.3 Å². The first kappa shape index (κ1) is 29.9. The van der Waals surface area contributed by atoms with E-state index in [1.165, 1.54) is 5.56 Å². The van der Waals surface area contributed by atoms with Gasteiger partial charge in [-0.05, 0) is 87.6 Å². The number of sulfonamides is 1. The molecule has 0 saturated heterocycles. The van der Waals surface area contributed by atoms with Crippen molar-refractivity contribution in [1.29, 1.82) is 0 Å². The molecule has 2 aliphatic rings. The van der Waals surface area contributed by atoms with Gasteiger partial charge in [0.25, 0.3) is 0 Å². The van der Waals surface area contributed by atoms with Crippen molar-refractivity contribution >= 4 is 38.5 Å². The summed E-state index contributed by atoms with van der Waals surface area (Å²) in [5.74, 6) is 1.39. The Hall–Kier alpha value is -3.57. The Morgan fingerprint density at radius 3 is 2.48 bits per heavy atom. The molecule has 3 aromatic rings. The quantitative estimate of drug-likeness (QED) is 0.375. The average Bonchev–Trinajstić information content (AvgIpc) is 3.46. The molecule has 2 aliphatic heterocycles. The molecule has 0 fully saturated rings. The predicted octanol–water partition coefficient (Wildman–Crippen LogP) is 5.48. The molecule has 1 atom stereocenters. The standard InChI is InChI=1S/C31H41N7O3S/c1-9-42(40,41)36-22-12-10-21(11-13-22)28-33-29-26(27(30(4,5)6)34-38(29)35-28)32-24-17-23-20(3)18-31(7,8)37(14-15-39)25(23)16-19(24)2/h10-13,16-17,20,36,39H,9,14-15,18H2,1-8H3. The number of aliphatic imine (C=N–C) groups is 1. The Morgan fingerprint density at radius 1 is 1.17 bits per heavy atom. The normalized spacial score (nSPS) is 19.1. The van der Waals surface area contributed by atoms with Crippen LogP contribution in [0.15, 0.2) is 46.5 Å². The van der Waals surface area contributed by atoms with E-state index >= 15 is 0 Å². The Labute approximate surface area is 248 Å². The third-order valence-electron chi connectivity index (χ3n) is 7.99. The average molecular weight is 592 g/mol. The molecule has 0 aliphatic carbocycles. The van der Waals surface area contributed by atoms with E-state index in [-0.39, 0.29) is 23.3 Å². The highest BCUT2D eigenvalue weighted by Gasteiger charge is 2.38. The summed E-state index contributed by atoms with van der Waals surface area (Å²) < 4.78 is 26.4. The van der Waals surface area contributed by atoms with Crippen molar-refractivity contribution in [3.05, 3.63) is 53.3 Å². The van der Waals surface area contributed by atoms with E-state index in [0.717, 1.165) is 34.6 Å². The zero-order valence-corrected chi connectivity index (χ0v) is 26.5. The number of fused-ring (bicyclic) bond motifs is 2. The number of aliphatic hydroxyl groups excluding tert-OH is 1. The summed E-state index contributed by atoms with van der Waals surface area (Å²) in [6.07, 6.45) is 0.976. The Balaban J connectivity index is 1.56. The molecule has 5 rings (SSSR count). The van der Waals surface area contributed by atoms with Gasteiger partial charge in [-0.25, -0.2) is 18.4 Å². The fraction of sp³-hybridized carbons (Fsp3) is 0.484. The summed E-state index contributed by atoms with van der Waals surface area (Å²) in [5.41, 5.74) is 6.65. The van der Waals surface area contributed by atoms with Crippen LogP contribution in [0.1, 0.15) is 77.8 Å². The minimum atomic E-state index is -3.36. The lowest BCUT2D eigenvalue weighted by atomic mass is 9.79. The number of nitrogens with one attached hydrogen (secondary N) is 1. The topological polar surface area (TPSA) is 125 Å². The molecular formula is C31H41N7O3S. The lowest BCUT2D eigenvalue weighted by molar-refractivity contribution is 0.277. The maximum Gasteiger partial charge on any atom is 0.232 e. The summed E-state index contributed by atoms with van der Waals surface area (Å²) >= 11 is 0. The number of rotatable bonds is 7. The minimum Gasteiger partial charge on any atom is -0.395 e. The number of β-amino-alcohol motifs (C(OH)–C–C–N with tert-alkyl or cyclic N) is 1. The number of nitrogens with zero attached hydrogens (tertiary/aromatic N) is 6. The van der Waals surface area contributed by atoms with Crippen molar-refractivity contribution in [3.63, 3.8) is 0 Å². The molecular weight excluding hydrogens is 550 g/mol. The fourth-order valence-electron chi connectivity index (χ4n) is 5.82. The van der Waals surface area contributed by atoms with Gasteiger partial charge < -0.3 is 10.0 Å². The first-order valence-corrected chi connectivity index (χ1v) is 16.1. The number of aryl methyl sites for hydroxylation is 1. The van der Waals surface area contributed by atoms with Gasteiger partial charge in [0.05, 0.1) is 23.8 Å². The fourth-order valence-corrected chi connectivity index (χ4v) is 6.46. The van der Waals surface area contributed by atoms with Crippen LogP contribution in [-0.4, -0.2) is 64.3 Å². The molecule has 2 N–H and O–H groups in total. The molecule has 0 saturated carbocycles. The number of hydrogen-bond acceptors (Lipinski definition) is 8. The first-order valence-electron chi connectivity index (χ1n) is 14.4. The molecule has 1 unspecified atom stereocenters. The van der Waals surface area contributed by atoms with Crippen LogP contribution in [0.2, 0.25) is 0 Å². The van der Waals surface area contributed by atoms with Gasteiger partial charge in [-0.15, -0.1) is 9.89 Å². The predicted molar refractivity (Wildman–Crippen MR) is 170 cm³/mol. The summed E-state index contributed by atoms with van der Waals surface area (Å²) in [6.45, 7) is 17.4. The van der Waals surface area contributed by atoms with Gasteiger partial charge in [-0.2, -0.15) is 5.10 Å². The van der Waals surface area contributed by atoms with E-state index in [2.05, 4.69) is 75.3 Å². The number of aromatic nitrogens is 3. The largest absolute Gasteiger partial charge is 0.395 e. The van der Waals surface area contributed by atoms with Gasteiger partial charge in [-0.1, -0.05) is 27.7 Å². The third-order valence-corrected chi connectivity index (χ3v) is 9.29. The molecule has 0 bridgehead atoms. The van der Waals surface area contributed by atoms with Gasteiger partial charge in [-0.3, -0.25) is 4.72 Å². The van der Waals surface area contributed by atoms with Crippen molar-refractivity contribution in [3.8, 4) is 11.4 Å². The van der Waals surface area contributed by atoms with Crippen molar-refractivity contribution in [2.24, 2.45) is 15.5 Å². The zero-order chi connectivity index (χ0) is 30.6. The van der Waals surface area contributed by atoms with Crippen molar-refractivity contribution in [2.75, 3.05) is 28.5 Å². The Bertz CT molecular complexity index is 1680. The van der Waals surface area contributed by atoms with Gasteiger partial charge in [0.15, 0.2) is 5.82 Å². The van der Waals surface area contributed by atoms with Crippen molar-refractivity contribution < 1.29 is 13.5 Å². The van der Waals surface area contributed by atoms with Crippen LogP contribution in [0.25, 0.3) is 11.4 Å². The van der Waals surface area contributed by atoms with Crippen molar-refractivity contribution in [1.82, 2.24) is 14.9 Å². The Morgan fingerprint density at radius 2 is 1.86 bits per heavy atom. The molecule has 11 heteroatoms. The van der Waals surface area contributed by atoms with Crippen LogP contribution in [-0.2, 0) is 10.0 Å². The number of hydrogen-bond donors (Lipinski definition) is 2. The van der Waals surface area contributed by atoms with Crippen LogP contribution in [0.5, 0.6) is 0 Å². The number of anilines is 2. The molecule has 1 aromatic heterocycles. The molecule has 0 spiro atoms. The molecule has 224 valence electrons. The summed E-state index contributed by atoms with van der Waals surface area (Å²) in [7, 11) is -3.36. The molecule has 10 nitrogen and oxygen atoms in total. The highest BCUT2D eigenvalue weighted by Crippen LogP contribution is 2.45. The lowest BCUT2D eigenvalue weighted by Crippen LogP contribution is -2.49. The van der Waals surface area contributed by atoms with Crippen LogP contribution >= 0.6 is 0 Å². The number of aliphatic hydroxyl groups is 1. The lowest BCUT2D eigenvalue weighted by Gasteiger charge is -2.47. The third kappa shape index (κ3) is 5.59. The maximum atomic E-state index is 11.9. The monoisotopic (exact) mass is 591 g/mol. The second-order valence-corrected chi connectivity index (χ2v) is 14.9. The van der Waals surface area contributed by atoms with E-state index in [1.54, 1.807) is 36.0 Å². The summed E-state index contributed by atoms with van der Waals surface area (Å²) in [6, 6.07) is 11.4. The summed E-state index contributed by atoms with van der Waals surface area (Å²) in [5, 5.41) is 19.3. The molecule has 3 heterocycles. The van der Waals surface area contributed by atoms with E-state index in [0.29, 0.717) is 35.5 Å². The van der Waals surface area contributed by atoms with Gasteiger partial charge in [0.2, 0.25) is 15.8 Å². The highest BCUT2D eigenvalue weighted by molar-refractivity contribution is 7.92. The second-order valence-electron chi connectivity index (χ2n) is 12.9. The van der Waals surface area contributed by atoms with Crippen LogP contribution in [0.4, 0.5) is 17.1 Å². The molecule has 42 heavy (non-hydrogen) atoms.